The van der Waals surface area contributed by atoms with Crippen molar-refractivity contribution in [3.05, 3.63) is 122 Å². The topological polar surface area (TPSA) is 47.2 Å². The van der Waals surface area contributed by atoms with Crippen LogP contribution in [-0.4, -0.2) is 18.4 Å². The minimum atomic E-state index is -0.458. The molecule has 0 amide bonds. The number of aromatic nitrogens is 1. The monoisotopic (exact) mass is 534 g/mol. The van der Waals surface area contributed by atoms with Gasteiger partial charge in [0.25, 0.3) is 0 Å². The van der Waals surface area contributed by atoms with Gasteiger partial charge in [0, 0.05) is 23.4 Å². The first-order chi connectivity index (χ1) is 16.5. The number of hydrogen-bond donors (Lipinski definition) is 0. The summed E-state index contributed by atoms with van der Waals surface area (Å²) in [6.45, 7) is 2.57. The van der Waals surface area contributed by atoms with Gasteiger partial charge in [0.15, 0.2) is 5.69 Å². The Hall–Kier alpha value is -3.09. The molecule has 4 nitrogen and oxygen atoms in total. The average molecular weight is 535 g/mol. The molecule has 0 fully saturated rings. The fraction of sp³-hybridized carbons (Fsp3) is 0.179. The Kier molecular flexibility index (Phi) is 8.03. The Morgan fingerprint density at radius 2 is 1.50 bits per heavy atom. The van der Waals surface area contributed by atoms with E-state index in [0.29, 0.717) is 12.0 Å². The summed E-state index contributed by atoms with van der Waals surface area (Å²) in [5.74, 6) is -0.657. The third-order valence-electron chi connectivity index (χ3n) is 5.71. The van der Waals surface area contributed by atoms with Gasteiger partial charge in [-0.05, 0) is 23.3 Å². The van der Waals surface area contributed by atoms with Crippen molar-refractivity contribution in [2.75, 3.05) is 6.61 Å². The summed E-state index contributed by atoms with van der Waals surface area (Å²) in [6, 6.07) is 26.8. The van der Waals surface area contributed by atoms with Crippen LogP contribution in [0.5, 0.6) is 0 Å². The summed E-state index contributed by atoms with van der Waals surface area (Å²) < 4.78 is 8.64. The highest BCUT2D eigenvalue weighted by Crippen LogP contribution is 2.26. The Labute approximate surface area is 212 Å². The van der Waals surface area contributed by atoms with E-state index in [1.807, 2.05) is 102 Å². The predicted octanol–water partition coefficient (Wildman–Crippen LogP) is 5.91. The van der Waals surface area contributed by atoms with Gasteiger partial charge < -0.3 is 4.74 Å². The Morgan fingerprint density at radius 3 is 2.09 bits per heavy atom. The summed E-state index contributed by atoms with van der Waals surface area (Å²) >= 11 is 4.98. The van der Waals surface area contributed by atoms with Gasteiger partial charge in [-0.15, -0.1) is 0 Å². The molecule has 0 bridgehead atoms. The summed E-state index contributed by atoms with van der Waals surface area (Å²) in [5, 5.41) is 0. The van der Waals surface area contributed by atoms with Gasteiger partial charge in [-0.1, -0.05) is 100 Å². The van der Waals surface area contributed by atoms with Crippen molar-refractivity contribution in [2.45, 2.75) is 25.8 Å². The summed E-state index contributed by atoms with van der Waals surface area (Å²) in [5.41, 5.74) is 5.49. The first-order valence-electron chi connectivity index (χ1n) is 11.0. The van der Waals surface area contributed by atoms with Crippen molar-refractivity contribution < 1.29 is 18.9 Å². The summed E-state index contributed by atoms with van der Waals surface area (Å²) in [6.07, 6.45) is 0.609. The first kappa shape index (κ1) is 24.0. The number of thiazole rings is 1. The number of hydrogen-bond acceptors (Lipinski definition) is 4. The maximum Gasteiger partial charge on any atom is 0.317 e. The number of ketones is 1. The molecule has 3 aromatic carbocycles. The quantitative estimate of drug-likeness (QED) is 0.152. The molecular weight excluding hydrogens is 510 g/mol. The molecule has 6 heteroatoms. The van der Waals surface area contributed by atoms with Gasteiger partial charge in [0.05, 0.1) is 11.5 Å². The second-order valence-corrected chi connectivity index (χ2v) is 9.82. The fourth-order valence-electron chi connectivity index (χ4n) is 3.81. The molecule has 1 aromatic heterocycles. The lowest BCUT2D eigenvalue weighted by Gasteiger charge is -2.17. The maximum absolute atomic E-state index is 13.1. The van der Waals surface area contributed by atoms with Crippen LogP contribution in [0, 0.1) is 6.92 Å². The molecule has 0 aliphatic heterocycles. The molecule has 0 N–H and O–H groups in total. The second kappa shape index (κ2) is 11.4. The van der Waals surface area contributed by atoms with Crippen LogP contribution in [0.3, 0.4) is 0 Å². The zero-order chi connectivity index (χ0) is 23.9. The van der Waals surface area contributed by atoms with E-state index in [4.69, 9.17) is 4.74 Å². The van der Waals surface area contributed by atoms with Gasteiger partial charge in [-0.2, -0.15) is 4.57 Å². The lowest BCUT2D eigenvalue weighted by Crippen LogP contribution is -2.38. The maximum atomic E-state index is 13.1. The predicted molar refractivity (Wildman–Crippen MR) is 137 cm³/mol. The SMILES string of the molecule is Cc1c(CCOC(=O)C(c2ccccc2)c2ccccc2)sc[n+]1CC(=O)c1ccc(Br)cc1. The van der Waals surface area contributed by atoms with Crippen LogP contribution in [0.4, 0.5) is 0 Å². The van der Waals surface area contributed by atoms with Crippen LogP contribution in [0.15, 0.2) is 94.9 Å². The molecule has 4 rings (SSSR count). The van der Waals surface area contributed by atoms with E-state index in [1.165, 1.54) is 0 Å². The number of nitrogens with zero attached hydrogens (tertiary/aromatic N) is 1. The molecule has 0 saturated carbocycles. The number of ether oxygens (including phenoxy) is 1. The van der Waals surface area contributed by atoms with Crippen LogP contribution < -0.4 is 4.57 Å². The molecule has 1 heterocycles. The third kappa shape index (κ3) is 5.88. The molecule has 0 aliphatic carbocycles. The first-order valence-corrected chi connectivity index (χ1v) is 12.7. The van der Waals surface area contributed by atoms with Gasteiger partial charge in [-0.3, -0.25) is 9.59 Å². The van der Waals surface area contributed by atoms with Gasteiger partial charge in [0.1, 0.15) is 5.92 Å². The van der Waals surface area contributed by atoms with Crippen molar-refractivity contribution >= 4 is 39.0 Å². The van der Waals surface area contributed by atoms with Crippen LogP contribution in [-0.2, 0) is 22.5 Å². The Morgan fingerprint density at radius 1 is 0.912 bits per heavy atom. The number of benzene rings is 3. The number of halogens is 1. The Balaban J connectivity index is 1.39. The average Bonchev–Trinajstić information content (AvgIpc) is 3.20. The van der Waals surface area contributed by atoms with Crippen molar-refractivity contribution in [1.29, 1.82) is 0 Å². The van der Waals surface area contributed by atoms with Crippen LogP contribution in [0.1, 0.15) is 38.0 Å². The number of carbonyl (C=O) groups excluding carboxylic acids is 2. The zero-order valence-electron chi connectivity index (χ0n) is 18.8. The van der Waals surface area contributed by atoms with Gasteiger partial charge >= 0.3 is 5.97 Å². The number of esters is 1. The molecule has 0 saturated heterocycles. The number of rotatable bonds is 9. The molecule has 0 atom stereocenters. The summed E-state index contributed by atoms with van der Waals surface area (Å²) in [7, 11) is 0. The molecule has 0 aliphatic rings. The number of Topliss-reactive ketones (excluding diaryl/α,β-unsaturated/α-hetero) is 1. The fourth-order valence-corrected chi connectivity index (χ4v) is 5.05. The van der Waals surface area contributed by atoms with Gasteiger partial charge in [0.2, 0.25) is 17.8 Å². The minimum absolute atomic E-state index is 0.0601. The molecule has 4 aromatic rings. The highest BCUT2D eigenvalue weighted by Gasteiger charge is 2.25. The molecular formula is C28H25BrNO3S+. The third-order valence-corrected chi connectivity index (χ3v) is 7.38. The molecule has 0 radical (unpaired) electrons. The van der Waals surface area contributed by atoms with E-state index in [9.17, 15) is 9.59 Å². The zero-order valence-corrected chi connectivity index (χ0v) is 21.2. The van der Waals surface area contributed by atoms with E-state index in [-0.39, 0.29) is 24.9 Å². The van der Waals surface area contributed by atoms with E-state index >= 15 is 0 Å². The van der Waals surface area contributed by atoms with Crippen molar-refractivity contribution in [3.8, 4) is 0 Å². The molecule has 34 heavy (non-hydrogen) atoms. The van der Waals surface area contributed by atoms with E-state index < -0.39 is 5.92 Å². The normalized spacial score (nSPS) is 10.9. The van der Waals surface area contributed by atoms with E-state index in [2.05, 4.69) is 15.9 Å². The van der Waals surface area contributed by atoms with Crippen molar-refractivity contribution in [2.24, 2.45) is 0 Å². The van der Waals surface area contributed by atoms with E-state index in [0.717, 1.165) is 26.2 Å². The van der Waals surface area contributed by atoms with Crippen molar-refractivity contribution in [1.82, 2.24) is 0 Å². The van der Waals surface area contributed by atoms with Gasteiger partial charge in [-0.25, -0.2) is 0 Å². The molecule has 0 spiro atoms. The molecule has 0 unspecified atom stereocenters. The lowest BCUT2D eigenvalue weighted by molar-refractivity contribution is -0.684. The van der Waals surface area contributed by atoms with Crippen LogP contribution in [0.2, 0.25) is 0 Å². The Bertz CT molecular complexity index is 1210. The number of carbonyl (C=O) groups is 2. The smallest absolute Gasteiger partial charge is 0.317 e. The highest BCUT2D eigenvalue weighted by molar-refractivity contribution is 9.10. The molecule has 172 valence electrons. The lowest BCUT2D eigenvalue weighted by atomic mass is 9.91. The standard InChI is InChI=1S/C28H25BrNO3S/c1-20-26(34-19-30(20)18-25(31)21-12-14-24(29)15-13-21)16-17-33-28(32)27(22-8-4-2-5-9-22)23-10-6-3-7-11-23/h2-15,19,27H,16-18H2,1H3/q+1. The summed E-state index contributed by atoms with van der Waals surface area (Å²) in [4.78, 5) is 26.8. The van der Waals surface area contributed by atoms with E-state index in [1.54, 1.807) is 11.3 Å². The van der Waals surface area contributed by atoms with Crippen LogP contribution >= 0.6 is 27.3 Å². The second-order valence-electron chi connectivity index (χ2n) is 7.96. The minimum Gasteiger partial charge on any atom is -0.465 e. The highest BCUT2D eigenvalue weighted by atomic mass is 79.9. The largest absolute Gasteiger partial charge is 0.465 e. The van der Waals surface area contributed by atoms with Crippen LogP contribution in [0.25, 0.3) is 0 Å². The van der Waals surface area contributed by atoms with Crippen molar-refractivity contribution in [3.63, 3.8) is 0 Å².